The normalized spacial score (nSPS) is 10.3. The van der Waals surface area contributed by atoms with Crippen molar-refractivity contribution in [3.05, 3.63) is 70.8 Å². The number of hydrogen-bond acceptors (Lipinski definition) is 2. The fourth-order valence-electron chi connectivity index (χ4n) is 2.67. The third kappa shape index (κ3) is 7.94. The summed E-state index contributed by atoms with van der Waals surface area (Å²) in [5, 5.41) is 8.64. The van der Waals surface area contributed by atoms with Crippen LogP contribution in [-0.2, 0) is 6.54 Å². The maximum Gasteiger partial charge on any atom is 0.315 e. The molecule has 3 amide bonds. The Morgan fingerprint density at radius 1 is 0.778 bits per heavy atom. The molecule has 0 heterocycles. The maximum absolute atomic E-state index is 12.0. The zero-order chi connectivity index (χ0) is 19.5. The number of unbranched alkanes of at least 4 members (excludes halogenated alkanes) is 2. The highest BCUT2D eigenvalue weighted by Gasteiger charge is 2.04. The number of carbonyl (C=O) groups excluding carboxylic acids is 2. The molecule has 0 saturated carbocycles. The molecule has 0 saturated heterocycles. The maximum atomic E-state index is 12.0. The summed E-state index contributed by atoms with van der Waals surface area (Å²) >= 11 is 0. The SMILES string of the molecule is Cc1ccc(CNC(=O)NCCCCCNC(=O)c2cccc(C)c2)cc1. The van der Waals surface area contributed by atoms with Gasteiger partial charge in [-0.05, 0) is 50.8 Å². The molecule has 0 bridgehead atoms. The summed E-state index contributed by atoms with van der Waals surface area (Å²) in [5.41, 5.74) is 4.06. The Morgan fingerprint density at radius 3 is 2.19 bits per heavy atom. The predicted octanol–water partition coefficient (Wildman–Crippen LogP) is 3.70. The van der Waals surface area contributed by atoms with Gasteiger partial charge in [-0.15, -0.1) is 0 Å². The number of amides is 3. The van der Waals surface area contributed by atoms with Crippen molar-refractivity contribution in [3.63, 3.8) is 0 Å². The minimum atomic E-state index is -0.150. The molecule has 2 aromatic carbocycles. The Morgan fingerprint density at radius 2 is 1.48 bits per heavy atom. The molecule has 0 atom stereocenters. The average Bonchev–Trinajstić information content (AvgIpc) is 2.66. The first-order valence-electron chi connectivity index (χ1n) is 9.47. The van der Waals surface area contributed by atoms with Gasteiger partial charge in [0.05, 0.1) is 0 Å². The van der Waals surface area contributed by atoms with Gasteiger partial charge in [0, 0.05) is 25.2 Å². The smallest absolute Gasteiger partial charge is 0.315 e. The van der Waals surface area contributed by atoms with Crippen LogP contribution in [0.15, 0.2) is 48.5 Å². The Hall–Kier alpha value is -2.82. The first-order chi connectivity index (χ1) is 13.0. The van der Waals surface area contributed by atoms with Crippen LogP contribution in [0.3, 0.4) is 0 Å². The fraction of sp³-hybridized carbons (Fsp3) is 0.364. The Balaban J connectivity index is 1.50. The van der Waals surface area contributed by atoms with E-state index in [9.17, 15) is 9.59 Å². The van der Waals surface area contributed by atoms with Crippen molar-refractivity contribution in [2.24, 2.45) is 0 Å². The third-order valence-electron chi connectivity index (χ3n) is 4.28. The highest BCUT2D eigenvalue weighted by Crippen LogP contribution is 2.04. The van der Waals surface area contributed by atoms with Crippen molar-refractivity contribution in [1.82, 2.24) is 16.0 Å². The molecule has 3 N–H and O–H groups in total. The molecule has 2 aromatic rings. The molecule has 0 fully saturated rings. The van der Waals surface area contributed by atoms with Crippen molar-refractivity contribution >= 4 is 11.9 Å². The fourth-order valence-corrected chi connectivity index (χ4v) is 2.67. The number of rotatable bonds is 9. The highest BCUT2D eigenvalue weighted by molar-refractivity contribution is 5.94. The van der Waals surface area contributed by atoms with Crippen LogP contribution in [0.4, 0.5) is 4.79 Å². The molecular weight excluding hydrogens is 338 g/mol. The Labute approximate surface area is 161 Å². The standard InChI is InChI=1S/C22H29N3O2/c1-17-9-11-19(12-10-17)16-25-22(27)24-14-5-3-4-13-23-21(26)20-8-6-7-18(2)15-20/h6-12,15H,3-5,13-14,16H2,1-2H3,(H,23,26)(H2,24,25,27). The van der Waals surface area contributed by atoms with Crippen LogP contribution < -0.4 is 16.0 Å². The lowest BCUT2D eigenvalue weighted by Gasteiger charge is -2.08. The molecule has 144 valence electrons. The van der Waals surface area contributed by atoms with E-state index in [-0.39, 0.29) is 11.9 Å². The molecule has 2 rings (SSSR count). The summed E-state index contributed by atoms with van der Waals surface area (Å²) in [6.45, 7) is 5.81. The molecule has 0 radical (unpaired) electrons. The number of hydrogen-bond donors (Lipinski definition) is 3. The van der Waals surface area contributed by atoms with Crippen LogP contribution in [0.1, 0.15) is 46.3 Å². The summed E-state index contributed by atoms with van der Waals surface area (Å²) < 4.78 is 0. The molecule has 0 aliphatic heterocycles. The number of aryl methyl sites for hydroxylation is 2. The van der Waals surface area contributed by atoms with E-state index in [1.165, 1.54) is 5.56 Å². The van der Waals surface area contributed by atoms with E-state index in [0.717, 1.165) is 30.4 Å². The van der Waals surface area contributed by atoms with Gasteiger partial charge in [0.1, 0.15) is 0 Å². The van der Waals surface area contributed by atoms with E-state index in [1.54, 1.807) is 0 Å². The second-order valence-electron chi connectivity index (χ2n) is 6.78. The van der Waals surface area contributed by atoms with Gasteiger partial charge in [-0.3, -0.25) is 4.79 Å². The van der Waals surface area contributed by atoms with Crippen LogP contribution in [0.5, 0.6) is 0 Å². The van der Waals surface area contributed by atoms with Gasteiger partial charge < -0.3 is 16.0 Å². The molecular formula is C22H29N3O2. The highest BCUT2D eigenvalue weighted by atomic mass is 16.2. The summed E-state index contributed by atoms with van der Waals surface area (Å²) in [4.78, 5) is 23.8. The molecule has 0 spiro atoms. The molecule has 0 aromatic heterocycles. The summed E-state index contributed by atoms with van der Waals surface area (Å²) in [7, 11) is 0. The van der Waals surface area contributed by atoms with E-state index in [1.807, 2.05) is 62.4 Å². The van der Waals surface area contributed by atoms with E-state index in [0.29, 0.717) is 25.2 Å². The number of carbonyl (C=O) groups is 2. The molecule has 5 heteroatoms. The lowest BCUT2D eigenvalue weighted by Crippen LogP contribution is -2.35. The molecule has 5 nitrogen and oxygen atoms in total. The summed E-state index contributed by atoms with van der Waals surface area (Å²) in [6.07, 6.45) is 2.73. The van der Waals surface area contributed by atoms with E-state index < -0.39 is 0 Å². The number of benzene rings is 2. The predicted molar refractivity (Wildman–Crippen MR) is 109 cm³/mol. The molecule has 0 aliphatic rings. The van der Waals surface area contributed by atoms with Crippen LogP contribution in [0, 0.1) is 13.8 Å². The van der Waals surface area contributed by atoms with Gasteiger partial charge in [0.2, 0.25) is 0 Å². The van der Waals surface area contributed by atoms with E-state index >= 15 is 0 Å². The minimum absolute atomic E-state index is 0.0349. The lowest BCUT2D eigenvalue weighted by molar-refractivity contribution is 0.0953. The minimum Gasteiger partial charge on any atom is -0.352 e. The van der Waals surface area contributed by atoms with Gasteiger partial charge in [0.15, 0.2) is 0 Å². The van der Waals surface area contributed by atoms with E-state index in [2.05, 4.69) is 16.0 Å². The van der Waals surface area contributed by atoms with Crippen LogP contribution >= 0.6 is 0 Å². The van der Waals surface area contributed by atoms with E-state index in [4.69, 9.17) is 0 Å². The molecule has 0 aliphatic carbocycles. The topological polar surface area (TPSA) is 70.2 Å². The Kier molecular flexibility index (Phi) is 8.36. The quantitative estimate of drug-likeness (QED) is 0.592. The van der Waals surface area contributed by atoms with Crippen molar-refractivity contribution in [2.45, 2.75) is 39.7 Å². The van der Waals surface area contributed by atoms with Crippen molar-refractivity contribution in [1.29, 1.82) is 0 Å². The average molecular weight is 367 g/mol. The van der Waals surface area contributed by atoms with Crippen molar-refractivity contribution in [2.75, 3.05) is 13.1 Å². The van der Waals surface area contributed by atoms with Gasteiger partial charge in [-0.2, -0.15) is 0 Å². The second-order valence-corrected chi connectivity index (χ2v) is 6.78. The monoisotopic (exact) mass is 367 g/mol. The zero-order valence-corrected chi connectivity index (χ0v) is 16.2. The first-order valence-corrected chi connectivity index (χ1v) is 9.47. The van der Waals surface area contributed by atoms with Gasteiger partial charge in [0.25, 0.3) is 5.91 Å². The second kappa shape index (κ2) is 11.0. The summed E-state index contributed by atoms with van der Waals surface area (Å²) in [6, 6.07) is 15.5. The van der Waals surface area contributed by atoms with Crippen LogP contribution in [0.2, 0.25) is 0 Å². The lowest BCUT2D eigenvalue weighted by atomic mass is 10.1. The molecule has 0 unspecified atom stereocenters. The van der Waals surface area contributed by atoms with Gasteiger partial charge in [-0.25, -0.2) is 4.79 Å². The van der Waals surface area contributed by atoms with Crippen molar-refractivity contribution < 1.29 is 9.59 Å². The number of urea groups is 1. The largest absolute Gasteiger partial charge is 0.352 e. The van der Waals surface area contributed by atoms with Crippen molar-refractivity contribution in [3.8, 4) is 0 Å². The van der Waals surface area contributed by atoms with Crippen LogP contribution in [0.25, 0.3) is 0 Å². The zero-order valence-electron chi connectivity index (χ0n) is 16.2. The first kappa shape index (κ1) is 20.5. The van der Waals surface area contributed by atoms with Crippen LogP contribution in [-0.4, -0.2) is 25.0 Å². The number of nitrogens with one attached hydrogen (secondary N) is 3. The Bertz CT molecular complexity index is 741. The molecule has 27 heavy (non-hydrogen) atoms. The van der Waals surface area contributed by atoms with Gasteiger partial charge in [-0.1, -0.05) is 47.5 Å². The third-order valence-corrected chi connectivity index (χ3v) is 4.28. The summed E-state index contributed by atoms with van der Waals surface area (Å²) in [5.74, 6) is -0.0349. The van der Waals surface area contributed by atoms with Gasteiger partial charge >= 0.3 is 6.03 Å².